The smallest absolute Gasteiger partial charge is 0.270 e. The zero-order valence-corrected chi connectivity index (χ0v) is 15.9. The fourth-order valence-electron chi connectivity index (χ4n) is 2.97. The summed E-state index contributed by atoms with van der Waals surface area (Å²) in [6, 6.07) is 12.1. The molecule has 3 rings (SSSR count). The molecule has 0 saturated heterocycles. The van der Waals surface area contributed by atoms with E-state index in [2.05, 4.69) is 5.32 Å². The van der Waals surface area contributed by atoms with Crippen molar-refractivity contribution in [1.82, 2.24) is 10.8 Å². The van der Waals surface area contributed by atoms with Crippen LogP contribution in [0, 0.1) is 17.5 Å². The number of phenols is 1. The van der Waals surface area contributed by atoms with Crippen molar-refractivity contribution in [3.05, 3.63) is 89.2 Å². The summed E-state index contributed by atoms with van der Waals surface area (Å²) in [5.41, 5.74) is 2.79. The maximum absolute atomic E-state index is 13.5. The first kappa shape index (κ1) is 21.8. The number of rotatable bonds is 6. The molecule has 9 heteroatoms. The summed E-state index contributed by atoms with van der Waals surface area (Å²) >= 11 is 0. The predicted octanol–water partition coefficient (Wildman–Crippen LogP) is 3.38. The van der Waals surface area contributed by atoms with Gasteiger partial charge in [0.15, 0.2) is 17.5 Å². The van der Waals surface area contributed by atoms with Crippen molar-refractivity contribution in [2.75, 3.05) is 0 Å². The number of hydrogen-bond donors (Lipinski definition) is 4. The van der Waals surface area contributed by atoms with Crippen LogP contribution < -0.4 is 10.8 Å². The van der Waals surface area contributed by atoms with Gasteiger partial charge in [-0.05, 0) is 46.5 Å². The van der Waals surface area contributed by atoms with E-state index in [0.29, 0.717) is 11.1 Å². The number of amides is 2. The van der Waals surface area contributed by atoms with Crippen LogP contribution in [-0.4, -0.2) is 22.1 Å². The predicted molar refractivity (Wildman–Crippen MR) is 104 cm³/mol. The Kier molecular flexibility index (Phi) is 6.56. The molecule has 31 heavy (non-hydrogen) atoms. The molecule has 0 spiro atoms. The standard InChI is InChI=1S/C22H17F3N2O4/c23-17-10-15(11-18(24)20(17)25)13-3-5-14(6-4-13)21(22(30)27-31)26-19(29)9-12-1-7-16(28)8-2-12/h1-8,10-11,21,28,31H,9H2,(H,26,29)(H,27,30). The molecule has 6 nitrogen and oxygen atoms in total. The maximum Gasteiger partial charge on any atom is 0.270 e. The first-order valence-electron chi connectivity index (χ1n) is 9.04. The summed E-state index contributed by atoms with van der Waals surface area (Å²) in [6.07, 6.45) is -0.0816. The summed E-state index contributed by atoms with van der Waals surface area (Å²) in [5.74, 6) is -5.62. The Hall–Kier alpha value is -3.85. The number of hydrogen-bond acceptors (Lipinski definition) is 4. The number of carbonyl (C=O) groups is 2. The molecule has 0 fully saturated rings. The zero-order valence-electron chi connectivity index (χ0n) is 15.9. The molecular weight excluding hydrogens is 413 g/mol. The van der Waals surface area contributed by atoms with E-state index in [1.165, 1.54) is 41.9 Å². The quantitative estimate of drug-likeness (QED) is 0.274. The molecule has 0 saturated carbocycles. The zero-order chi connectivity index (χ0) is 22.5. The van der Waals surface area contributed by atoms with E-state index >= 15 is 0 Å². The minimum atomic E-state index is -1.57. The lowest BCUT2D eigenvalue weighted by Gasteiger charge is -2.18. The third-order valence-electron chi connectivity index (χ3n) is 4.54. The van der Waals surface area contributed by atoms with Gasteiger partial charge in [0.25, 0.3) is 5.91 Å². The molecule has 0 aliphatic heterocycles. The first-order chi connectivity index (χ1) is 14.8. The van der Waals surface area contributed by atoms with Crippen molar-refractivity contribution in [3.63, 3.8) is 0 Å². The average Bonchev–Trinajstić information content (AvgIpc) is 2.76. The molecule has 1 atom stereocenters. The van der Waals surface area contributed by atoms with Crippen LogP contribution >= 0.6 is 0 Å². The summed E-state index contributed by atoms with van der Waals surface area (Å²) in [4.78, 5) is 24.4. The van der Waals surface area contributed by atoms with E-state index in [1.54, 1.807) is 12.1 Å². The van der Waals surface area contributed by atoms with Gasteiger partial charge in [0.05, 0.1) is 6.42 Å². The van der Waals surface area contributed by atoms with E-state index in [9.17, 15) is 27.9 Å². The van der Waals surface area contributed by atoms with Crippen LogP contribution in [0.25, 0.3) is 11.1 Å². The van der Waals surface area contributed by atoms with Crippen LogP contribution in [0.3, 0.4) is 0 Å². The Balaban J connectivity index is 1.80. The highest BCUT2D eigenvalue weighted by Gasteiger charge is 2.23. The number of phenolic OH excluding ortho intramolecular Hbond substituents is 1. The van der Waals surface area contributed by atoms with E-state index in [4.69, 9.17) is 5.21 Å². The lowest BCUT2D eigenvalue weighted by Crippen LogP contribution is -2.39. The number of aromatic hydroxyl groups is 1. The molecule has 0 heterocycles. The molecule has 0 aliphatic carbocycles. The van der Waals surface area contributed by atoms with Crippen molar-refractivity contribution in [2.24, 2.45) is 0 Å². The Morgan fingerprint density at radius 1 is 0.871 bits per heavy atom. The summed E-state index contributed by atoms with van der Waals surface area (Å²) in [6.45, 7) is 0. The monoisotopic (exact) mass is 430 g/mol. The minimum Gasteiger partial charge on any atom is -0.508 e. The van der Waals surface area contributed by atoms with Crippen LogP contribution in [-0.2, 0) is 16.0 Å². The van der Waals surface area contributed by atoms with Crippen molar-refractivity contribution in [3.8, 4) is 16.9 Å². The molecule has 0 bridgehead atoms. The van der Waals surface area contributed by atoms with Crippen molar-refractivity contribution in [2.45, 2.75) is 12.5 Å². The van der Waals surface area contributed by atoms with Gasteiger partial charge in [-0.3, -0.25) is 14.8 Å². The third kappa shape index (κ3) is 5.20. The van der Waals surface area contributed by atoms with Gasteiger partial charge in [-0.2, -0.15) is 0 Å². The van der Waals surface area contributed by atoms with Gasteiger partial charge < -0.3 is 10.4 Å². The van der Waals surface area contributed by atoms with Gasteiger partial charge in [0.2, 0.25) is 5.91 Å². The lowest BCUT2D eigenvalue weighted by molar-refractivity contribution is -0.134. The molecule has 3 aromatic carbocycles. The molecule has 0 aliphatic rings. The Labute approximate surface area is 174 Å². The van der Waals surface area contributed by atoms with Gasteiger partial charge >= 0.3 is 0 Å². The molecule has 3 aromatic rings. The van der Waals surface area contributed by atoms with Crippen molar-refractivity contribution >= 4 is 11.8 Å². The molecule has 1 unspecified atom stereocenters. The highest BCUT2D eigenvalue weighted by Crippen LogP contribution is 2.25. The number of nitrogens with one attached hydrogen (secondary N) is 2. The van der Waals surface area contributed by atoms with Gasteiger partial charge in [-0.25, -0.2) is 18.7 Å². The summed E-state index contributed by atoms with van der Waals surface area (Å²) in [5, 5.41) is 20.8. The van der Waals surface area contributed by atoms with Gasteiger partial charge in [-0.1, -0.05) is 36.4 Å². The van der Waals surface area contributed by atoms with Crippen LogP contribution in [0.2, 0.25) is 0 Å². The van der Waals surface area contributed by atoms with Gasteiger partial charge in [-0.15, -0.1) is 0 Å². The summed E-state index contributed by atoms with van der Waals surface area (Å²) < 4.78 is 40.1. The second-order valence-electron chi connectivity index (χ2n) is 6.70. The van der Waals surface area contributed by atoms with E-state index in [0.717, 1.165) is 12.1 Å². The molecule has 4 N–H and O–H groups in total. The number of benzene rings is 3. The van der Waals surface area contributed by atoms with E-state index < -0.39 is 35.3 Å². The Morgan fingerprint density at radius 3 is 2.00 bits per heavy atom. The van der Waals surface area contributed by atoms with Gasteiger partial charge in [0.1, 0.15) is 11.8 Å². The normalized spacial score (nSPS) is 11.6. The molecule has 0 radical (unpaired) electrons. The summed E-state index contributed by atoms with van der Waals surface area (Å²) in [7, 11) is 0. The van der Waals surface area contributed by atoms with Crippen LogP contribution in [0.4, 0.5) is 13.2 Å². The highest BCUT2D eigenvalue weighted by atomic mass is 19.2. The van der Waals surface area contributed by atoms with E-state index in [1.807, 2.05) is 0 Å². The Morgan fingerprint density at radius 2 is 1.45 bits per heavy atom. The second kappa shape index (κ2) is 9.31. The third-order valence-corrected chi connectivity index (χ3v) is 4.54. The largest absolute Gasteiger partial charge is 0.508 e. The fraction of sp³-hybridized carbons (Fsp3) is 0.0909. The topological polar surface area (TPSA) is 98.7 Å². The fourth-order valence-corrected chi connectivity index (χ4v) is 2.97. The maximum atomic E-state index is 13.5. The number of carbonyl (C=O) groups excluding carboxylic acids is 2. The van der Waals surface area contributed by atoms with Crippen LogP contribution in [0.1, 0.15) is 17.2 Å². The van der Waals surface area contributed by atoms with Gasteiger partial charge in [0, 0.05) is 0 Å². The van der Waals surface area contributed by atoms with Crippen LogP contribution in [0.15, 0.2) is 60.7 Å². The molecule has 2 amide bonds. The molecule has 160 valence electrons. The Bertz CT molecular complexity index is 1080. The lowest BCUT2D eigenvalue weighted by atomic mass is 9.99. The van der Waals surface area contributed by atoms with Crippen LogP contribution in [0.5, 0.6) is 5.75 Å². The molecular formula is C22H17F3N2O4. The number of hydroxylamine groups is 1. The van der Waals surface area contributed by atoms with E-state index in [-0.39, 0.29) is 23.3 Å². The second-order valence-corrected chi connectivity index (χ2v) is 6.70. The highest BCUT2D eigenvalue weighted by molar-refractivity contribution is 5.89. The minimum absolute atomic E-state index is 0.0442. The molecule has 0 aromatic heterocycles. The van der Waals surface area contributed by atoms with Crippen molar-refractivity contribution < 1.29 is 33.1 Å². The number of halogens is 3. The SMILES string of the molecule is O=C(Cc1ccc(O)cc1)NC(C(=O)NO)c1ccc(-c2cc(F)c(F)c(F)c2)cc1. The van der Waals surface area contributed by atoms with Crippen molar-refractivity contribution in [1.29, 1.82) is 0 Å². The first-order valence-corrected chi connectivity index (χ1v) is 9.04. The average molecular weight is 430 g/mol.